The molecule has 2 N–H and O–H groups in total. The Balaban J connectivity index is 1.84. The fourth-order valence-electron chi connectivity index (χ4n) is 2.56. The van der Waals surface area contributed by atoms with Crippen molar-refractivity contribution < 1.29 is 20.8 Å². The number of para-hydroxylation sites is 1. The number of methoxy groups -OCH3 is 1. The quantitative estimate of drug-likeness (QED) is 0.689. The molecule has 3 aromatic rings. The van der Waals surface area contributed by atoms with Gasteiger partial charge in [0.1, 0.15) is 17.5 Å². The van der Waals surface area contributed by atoms with Crippen molar-refractivity contribution in [1.29, 1.82) is 0 Å². The predicted molar refractivity (Wildman–Crippen MR) is 96.8 cm³/mol. The van der Waals surface area contributed by atoms with E-state index in [1.165, 1.54) is 19.2 Å². The number of benzene rings is 2. The zero-order valence-electron chi connectivity index (χ0n) is 15.1. The molecule has 0 fully saturated rings. The van der Waals surface area contributed by atoms with Crippen LogP contribution in [0.25, 0.3) is 10.9 Å². The summed E-state index contributed by atoms with van der Waals surface area (Å²) in [4.78, 5) is 29.0. The van der Waals surface area contributed by atoms with Gasteiger partial charge in [0.15, 0.2) is 0 Å². The molecule has 0 bridgehead atoms. The van der Waals surface area contributed by atoms with E-state index < -0.39 is 17.9 Å². The molecule has 6 nitrogen and oxygen atoms in total. The molecule has 0 saturated heterocycles. The lowest BCUT2D eigenvalue weighted by molar-refractivity contribution is -0.142. The zero-order chi connectivity index (χ0) is 19.4. The first-order valence-corrected chi connectivity index (χ1v) is 8.01. The van der Waals surface area contributed by atoms with Gasteiger partial charge in [-0.05, 0) is 29.8 Å². The average molecular weight is 351 g/mol. The minimum atomic E-state index is -0.945. The molecule has 0 unspecified atom stereocenters. The molecule has 3 rings (SSSR count). The summed E-state index contributed by atoms with van der Waals surface area (Å²) in [7, 11) is 1.24. The number of carbonyl (C=O) groups excluding carboxylic acids is 2. The highest BCUT2D eigenvalue weighted by Crippen LogP contribution is 2.14. The topological polar surface area (TPSA) is 88.5 Å². The third-order valence-electron chi connectivity index (χ3n) is 3.92. The third-order valence-corrected chi connectivity index (χ3v) is 3.92. The largest absolute Gasteiger partial charge is 0.508 e. The van der Waals surface area contributed by atoms with Gasteiger partial charge in [-0.2, -0.15) is 0 Å². The van der Waals surface area contributed by atoms with Crippen LogP contribution in [0.15, 0.2) is 60.6 Å². The highest BCUT2D eigenvalue weighted by molar-refractivity contribution is 5.97. The number of phenols is 1. The second kappa shape index (κ2) is 7.65. The SMILES string of the molecule is [2H]c1cc2ccccc2nc1C(=O)N[C@@H](Cc1ccc(O)cc1)C(=O)OC. The number of aromatic nitrogens is 1. The molecule has 0 aliphatic rings. The Labute approximate surface area is 151 Å². The summed E-state index contributed by atoms with van der Waals surface area (Å²) in [6.07, 6.45) is 0.180. The zero-order valence-corrected chi connectivity index (χ0v) is 14.1. The van der Waals surface area contributed by atoms with Crippen molar-refractivity contribution in [3.05, 3.63) is 71.9 Å². The van der Waals surface area contributed by atoms with Crippen molar-refractivity contribution in [3.63, 3.8) is 0 Å². The summed E-state index contributed by atoms with van der Waals surface area (Å²) in [6.45, 7) is 0. The number of aromatic hydroxyl groups is 1. The molecule has 0 radical (unpaired) electrons. The van der Waals surface area contributed by atoms with Crippen molar-refractivity contribution in [2.45, 2.75) is 12.5 Å². The molecule has 0 spiro atoms. The van der Waals surface area contributed by atoms with Crippen LogP contribution in [0, 0.1) is 0 Å². The Morgan fingerprint density at radius 2 is 1.92 bits per heavy atom. The second-order valence-electron chi connectivity index (χ2n) is 5.73. The van der Waals surface area contributed by atoms with E-state index in [1.807, 2.05) is 12.1 Å². The monoisotopic (exact) mass is 351 g/mol. The van der Waals surface area contributed by atoms with Gasteiger partial charge >= 0.3 is 5.97 Å². The summed E-state index contributed by atoms with van der Waals surface area (Å²) in [6, 6.07) is 14.1. The van der Waals surface area contributed by atoms with Crippen molar-refractivity contribution in [2.75, 3.05) is 7.11 Å². The Morgan fingerprint density at radius 3 is 2.65 bits per heavy atom. The number of pyridine rings is 1. The highest BCUT2D eigenvalue weighted by Gasteiger charge is 2.23. The van der Waals surface area contributed by atoms with Gasteiger partial charge in [0.25, 0.3) is 5.91 Å². The number of ether oxygens (including phenoxy) is 1. The molecule has 0 aliphatic carbocycles. The first-order chi connectivity index (χ1) is 13.0. The summed E-state index contributed by atoms with van der Waals surface area (Å²) in [5.74, 6) is -1.12. The number of phenolic OH excluding ortho intramolecular Hbond substituents is 1. The number of esters is 1. The van der Waals surface area contributed by atoms with E-state index in [1.54, 1.807) is 30.3 Å². The van der Waals surface area contributed by atoms with Gasteiger partial charge in [0, 0.05) is 11.8 Å². The van der Waals surface area contributed by atoms with Crippen LogP contribution in [0.1, 0.15) is 17.4 Å². The summed E-state index contributed by atoms with van der Waals surface area (Å²) in [5.41, 5.74) is 1.26. The second-order valence-corrected chi connectivity index (χ2v) is 5.73. The standard InChI is InChI=1S/C20H18N2O4/c1-26-20(25)18(12-13-6-9-15(23)10-7-13)22-19(24)17-11-8-14-4-2-3-5-16(14)21-17/h2-11,18,23H,12H2,1H3,(H,22,24)/t18-/m0/s1/i11D. The van der Waals surface area contributed by atoms with Crippen LogP contribution in [-0.4, -0.2) is 35.1 Å². The summed E-state index contributed by atoms with van der Waals surface area (Å²) in [5, 5.41) is 12.7. The predicted octanol–water partition coefficient (Wildman–Crippen LogP) is 2.45. The number of nitrogens with zero attached hydrogens (tertiary/aromatic N) is 1. The van der Waals surface area contributed by atoms with Gasteiger partial charge in [-0.3, -0.25) is 4.79 Å². The average Bonchev–Trinajstić information content (AvgIpc) is 2.67. The molecule has 2 aromatic carbocycles. The fourth-order valence-corrected chi connectivity index (χ4v) is 2.56. The lowest BCUT2D eigenvalue weighted by Gasteiger charge is -2.16. The number of fused-ring (bicyclic) bond motifs is 1. The van der Waals surface area contributed by atoms with Gasteiger partial charge in [-0.15, -0.1) is 0 Å². The van der Waals surface area contributed by atoms with Crippen LogP contribution >= 0.6 is 0 Å². The van der Waals surface area contributed by atoms with Crippen molar-refractivity contribution in [3.8, 4) is 5.75 Å². The third kappa shape index (κ3) is 3.97. The highest BCUT2D eigenvalue weighted by atomic mass is 16.5. The van der Waals surface area contributed by atoms with E-state index in [9.17, 15) is 14.7 Å². The lowest BCUT2D eigenvalue weighted by Crippen LogP contribution is -2.43. The smallest absolute Gasteiger partial charge is 0.328 e. The van der Waals surface area contributed by atoms with Crippen LogP contribution in [-0.2, 0) is 16.0 Å². The first-order valence-electron chi connectivity index (χ1n) is 8.51. The van der Waals surface area contributed by atoms with Crippen LogP contribution in [0.5, 0.6) is 5.75 Å². The van der Waals surface area contributed by atoms with E-state index in [-0.39, 0.29) is 23.9 Å². The minimum Gasteiger partial charge on any atom is -0.508 e. The maximum Gasteiger partial charge on any atom is 0.328 e. The number of nitrogens with one attached hydrogen (secondary N) is 1. The summed E-state index contributed by atoms with van der Waals surface area (Å²) < 4.78 is 12.8. The number of amides is 1. The molecule has 132 valence electrons. The van der Waals surface area contributed by atoms with Crippen LogP contribution in [0.3, 0.4) is 0 Å². The van der Waals surface area contributed by atoms with E-state index in [0.29, 0.717) is 5.52 Å². The van der Waals surface area contributed by atoms with Crippen molar-refractivity contribution >= 4 is 22.8 Å². The molecule has 1 amide bonds. The van der Waals surface area contributed by atoms with Gasteiger partial charge in [-0.1, -0.05) is 36.4 Å². The molecule has 1 heterocycles. The number of rotatable bonds is 5. The van der Waals surface area contributed by atoms with E-state index in [4.69, 9.17) is 6.11 Å². The normalized spacial score (nSPS) is 12.3. The van der Waals surface area contributed by atoms with Crippen LogP contribution in [0.2, 0.25) is 0 Å². The van der Waals surface area contributed by atoms with E-state index in [0.717, 1.165) is 10.9 Å². The molecular formula is C20H18N2O4. The Morgan fingerprint density at radius 1 is 1.19 bits per heavy atom. The minimum absolute atomic E-state index is 0.0283. The Hall–Kier alpha value is -3.41. The first kappa shape index (κ1) is 16.1. The van der Waals surface area contributed by atoms with Crippen LogP contribution in [0.4, 0.5) is 0 Å². The number of carbonyl (C=O) groups is 2. The van der Waals surface area contributed by atoms with Gasteiger partial charge in [0.2, 0.25) is 0 Å². The lowest BCUT2D eigenvalue weighted by atomic mass is 10.1. The molecule has 0 aliphatic heterocycles. The van der Waals surface area contributed by atoms with Gasteiger partial charge in [0.05, 0.1) is 14.0 Å². The van der Waals surface area contributed by atoms with Crippen molar-refractivity contribution in [1.82, 2.24) is 10.3 Å². The molecule has 0 saturated carbocycles. The van der Waals surface area contributed by atoms with Gasteiger partial charge in [-0.25, -0.2) is 9.78 Å². The molecular weight excluding hydrogens is 332 g/mol. The Kier molecular flexibility index (Phi) is 4.73. The fraction of sp³-hybridized carbons (Fsp3) is 0.150. The van der Waals surface area contributed by atoms with E-state index >= 15 is 0 Å². The maximum absolute atomic E-state index is 12.6. The maximum atomic E-state index is 12.6. The molecule has 1 atom stereocenters. The molecule has 26 heavy (non-hydrogen) atoms. The van der Waals surface area contributed by atoms with Gasteiger partial charge < -0.3 is 15.2 Å². The molecule has 6 heteroatoms. The number of hydrogen-bond donors (Lipinski definition) is 2. The van der Waals surface area contributed by atoms with Crippen molar-refractivity contribution in [2.24, 2.45) is 0 Å². The Bertz CT molecular complexity index is 989. The van der Waals surface area contributed by atoms with E-state index in [2.05, 4.69) is 10.3 Å². The molecule has 1 aromatic heterocycles. The summed E-state index contributed by atoms with van der Waals surface area (Å²) >= 11 is 0. The number of hydrogen-bond acceptors (Lipinski definition) is 5. The van der Waals surface area contributed by atoms with Crippen LogP contribution < -0.4 is 5.32 Å².